The lowest BCUT2D eigenvalue weighted by Gasteiger charge is -2.10. The van der Waals surface area contributed by atoms with Gasteiger partial charge in [-0.15, -0.1) is 0 Å². The van der Waals surface area contributed by atoms with Crippen molar-refractivity contribution in [1.29, 1.82) is 0 Å². The van der Waals surface area contributed by atoms with Gasteiger partial charge < -0.3 is 4.74 Å². The first-order valence-electron chi connectivity index (χ1n) is 6.69. The van der Waals surface area contributed by atoms with Crippen LogP contribution < -0.4 is 0 Å². The molecule has 0 N–H and O–H groups in total. The minimum Gasteiger partial charge on any atom is -0.462 e. The Balaban J connectivity index is 2.48. The molecule has 1 heterocycles. The zero-order valence-corrected chi connectivity index (χ0v) is 13.3. The number of aryl methyl sites for hydroxylation is 1. The van der Waals surface area contributed by atoms with Gasteiger partial charge in [0.1, 0.15) is 0 Å². The minimum absolute atomic E-state index is 0.337. The fourth-order valence-corrected chi connectivity index (χ4v) is 2.40. The van der Waals surface area contributed by atoms with Gasteiger partial charge >= 0.3 is 5.97 Å². The third-order valence-electron chi connectivity index (χ3n) is 3.01. The Hall–Kier alpha value is -1.58. The summed E-state index contributed by atoms with van der Waals surface area (Å²) in [6.45, 7) is 4.05. The van der Waals surface area contributed by atoms with Gasteiger partial charge in [0.25, 0.3) is 0 Å². The highest BCUT2D eigenvalue weighted by Crippen LogP contribution is 2.30. The first-order chi connectivity index (χ1) is 10.1. The smallest absolute Gasteiger partial charge is 0.339 e. The Kier molecular flexibility index (Phi) is 5.21. The van der Waals surface area contributed by atoms with E-state index in [1.165, 1.54) is 0 Å². The SMILES string of the molecule is CCOC(=O)c1ccc(-c2cc(Cl)ccc2Cl)nc1CC. The van der Waals surface area contributed by atoms with Gasteiger partial charge in [-0.1, -0.05) is 30.1 Å². The third-order valence-corrected chi connectivity index (χ3v) is 3.57. The molecule has 3 nitrogen and oxygen atoms in total. The molecular formula is C16H15Cl2NO2. The van der Waals surface area contributed by atoms with Crippen molar-refractivity contribution in [3.05, 3.63) is 51.6 Å². The van der Waals surface area contributed by atoms with E-state index in [0.717, 1.165) is 5.56 Å². The summed E-state index contributed by atoms with van der Waals surface area (Å²) in [5, 5.41) is 1.15. The first-order valence-corrected chi connectivity index (χ1v) is 7.44. The fourth-order valence-electron chi connectivity index (χ4n) is 2.01. The number of hydrogen-bond donors (Lipinski definition) is 0. The van der Waals surface area contributed by atoms with Crippen LogP contribution in [0.3, 0.4) is 0 Å². The number of esters is 1. The van der Waals surface area contributed by atoms with E-state index >= 15 is 0 Å². The van der Waals surface area contributed by atoms with Crippen LogP contribution in [0.15, 0.2) is 30.3 Å². The minimum atomic E-state index is -0.356. The molecule has 0 radical (unpaired) electrons. The number of rotatable bonds is 4. The number of carbonyl (C=O) groups is 1. The zero-order chi connectivity index (χ0) is 15.4. The van der Waals surface area contributed by atoms with E-state index in [4.69, 9.17) is 27.9 Å². The van der Waals surface area contributed by atoms with Gasteiger partial charge in [0.15, 0.2) is 0 Å². The van der Waals surface area contributed by atoms with Crippen LogP contribution in [-0.2, 0) is 11.2 Å². The molecule has 1 aromatic carbocycles. The Morgan fingerprint density at radius 1 is 1.19 bits per heavy atom. The van der Waals surface area contributed by atoms with Crippen molar-refractivity contribution < 1.29 is 9.53 Å². The van der Waals surface area contributed by atoms with Crippen LogP contribution in [-0.4, -0.2) is 17.6 Å². The van der Waals surface area contributed by atoms with Crippen LogP contribution in [0.1, 0.15) is 29.9 Å². The highest BCUT2D eigenvalue weighted by molar-refractivity contribution is 6.35. The molecule has 21 heavy (non-hydrogen) atoms. The highest BCUT2D eigenvalue weighted by Gasteiger charge is 2.15. The summed E-state index contributed by atoms with van der Waals surface area (Å²) >= 11 is 12.2. The van der Waals surface area contributed by atoms with Crippen LogP contribution in [0.25, 0.3) is 11.3 Å². The summed E-state index contributed by atoms with van der Waals surface area (Å²) in [6, 6.07) is 8.68. The predicted molar refractivity (Wildman–Crippen MR) is 85.0 cm³/mol. The normalized spacial score (nSPS) is 10.5. The van der Waals surface area contributed by atoms with E-state index in [9.17, 15) is 4.79 Å². The number of hydrogen-bond acceptors (Lipinski definition) is 3. The molecule has 0 aliphatic carbocycles. The summed E-state index contributed by atoms with van der Waals surface area (Å²) in [5.74, 6) is -0.356. The molecule has 0 aliphatic rings. The van der Waals surface area contributed by atoms with Crippen molar-refractivity contribution in [2.45, 2.75) is 20.3 Å². The standard InChI is InChI=1S/C16H15Cl2NO2/c1-3-14-11(16(20)21-4-2)6-8-15(19-14)12-9-10(17)5-7-13(12)18/h5-9H,3-4H2,1-2H3. The second-order valence-electron chi connectivity index (χ2n) is 4.39. The van der Waals surface area contributed by atoms with Crippen LogP contribution in [0.5, 0.6) is 0 Å². The van der Waals surface area contributed by atoms with Crippen LogP contribution in [0.4, 0.5) is 0 Å². The molecule has 0 spiro atoms. The topological polar surface area (TPSA) is 39.2 Å². The van der Waals surface area contributed by atoms with Gasteiger partial charge in [-0.05, 0) is 43.7 Å². The number of aromatic nitrogens is 1. The van der Waals surface area contributed by atoms with E-state index in [1.807, 2.05) is 6.92 Å². The molecule has 2 aromatic rings. The molecule has 110 valence electrons. The Morgan fingerprint density at radius 2 is 1.95 bits per heavy atom. The van der Waals surface area contributed by atoms with Crippen LogP contribution in [0.2, 0.25) is 10.0 Å². The molecule has 0 fully saturated rings. The molecule has 0 saturated heterocycles. The van der Waals surface area contributed by atoms with E-state index in [-0.39, 0.29) is 5.97 Å². The maximum atomic E-state index is 11.9. The van der Waals surface area contributed by atoms with Gasteiger partial charge in [0, 0.05) is 10.6 Å². The lowest BCUT2D eigenvalue weighted by atomic mass is 10.1. The molecule has 0 saturated carbocycles. The van der Waals surface area contributed by atoms with E-state index in [1.54, 1.807) is 37.3 Å². The molecule has 1 aromatic heterocycles. The Morgan fingerprint density at radius 3 is 2.62 bits per heavy atom. The quantitative estimate of drug-likeness (QED) is 0.759. The molecule has 0 amide bonds. The van der Waals surface area contributed by atoms with Crippen molar-refractivity contribution in [1.82, 2.24) is 4.98 Å². The van der Waals surface area contributed by atoms with Crippen molar-refractivity contribution in [3.63, 3.8) is 0 Å². The van der Waals surface area contributed by atoms with Crippen molar-refractivity contribution >= 4 is 29.2 Å². The lowest BCUT2D eigenvalue weighted by molar-refractivity contribution is 0.0524. The molecule has 0 bridgehead atoms. The number of halogens is 2. The van der Waals surface area contributed by atoms with E-state index < -0.39 is 0 Å². The number of benzene rings is 1. The number of carbonyl (C=O) groups excluding carboxylic acids is 1. The Bertz CT molecular complexity index is 671. The average molecular weight is 324 g/mol. The second-order valence-corrected chi connectivity index (χ2v) is 5.23. The van der Waals surface area contributed by atoms with Crippen LogP contribution in [0, 0.1) is 0 Å². The molecule has 0 atom stereocenters. The fraction of sp³-hybridized carbons (Fsp3) is 0.250. The lowest BCUT2D eigenvalue weighted by Crippen LogP contribution is -2.09. The first kappa shape index (κ1) is 15.8. The number of nitrogens with zero attached hydrogens (tertiary/aromatic N) is 1. The van der Waals surface area contributed by atoms with Crippen molar-refractivity contribution in [2.75, 3.05) is 6.61 Å². The summed E-state index contributed by atoms with van der Waals surface area (Å²) in [6.07, 6.45) is 0.625. The highest BCUT2D eigenvalue weighted by atomic mass is 35.5. The van der Waals surface area contributed by atoms with Gasteiger partial charge in [-0.25, -0.2) is 4.79 Å². The largest absolute Gasteiger partial charge is 0.462 e. The van der Waals surface area contributed by atoms with Gasteiger partial charge in [-0.2, -0.15) is 0 Å². The summed E-state index contributed by atoms with van der Waals surface area (Å²) < 4.78 is 5.03. The maximum absolute atomic E-state index is 11.9. The van der Waals surface area contributed by atoms with E-state index in [0.29, 0.717) is 40.0 Å². The summed E-state index contributed by atoms with van der Waals surface area (Å²) in [7, 11) is 0. The molecule has 5 heteroatoms. The number of pyridine rings is 1. The zero-order valence-electron chi connectivity index (χ0n) is 11.8. The third kappa shape index (κ3) is 3.55. The van der Waals surface area contributed by atoms with Gasteiger partial charge in [-0.3, -0.25) is 4.98 Å². The summed E-state index contributed by atoms with van der Waals surface area (Å²) in [4.78, 5) is 16.4. The second kappa shape index (κ2) is 6.92. The Labute approximate surface area is 133 Å². The molecule has 2 rings (SSSR count). The molecule has 0 unspecified atom stereocenters. The van der Waals surface area contributed by atoms with Gasteiger partial charge in [0.05, 0.1) is 28.6 Å². The van der Waals surface area contributed by atoms with Crippen molar-refractivity contribution in [3.8, 4) is 11.3 Å². The monoisotopic (exact) mass is 323 g/mol. The van der Waals surface area contributed by atoms with Crippen molar-refractivity contribution in [2.24, 2.45) is 0 Å². The molecule has 0 aliphatic heterocycles. The average Bonchev–Trinajstić information content (AvgIpc) is 2.49. The predicted octanol–water partition coefficient (Wildman–Crippen LogP) is 4.79. The number of ether oxygens (including phenoxy) is 1. The maximum Gasteiger partial charge on any atom is 0.339 e. The van der Waals surface area contributed by atoms with Crippen LogP contribution >= 0.6 is 23.2 Å². The van der Waals surface area contributed by atoms with Gasteiger partial charge in [0.2, 0.25) is 0 Å². The summed E-state index contributed by atoms with van der Waals surface area (Å²) in [5.41, 5.74) is 2.60. The molecular weight excluding hydrogens is 309 g/mol. The van der Waals surface area contributed by atoms with E-state index in [2.05, 4.69) is 4.98 Å².